The molecule has 10 heavy (non-hydrogen) atoms. The van der Waals surface area contributed by atoms with Gasteiger partial charge in [-0.2, -0.15) is 12.6 Å². The molecule has 2 heteroatoms. The van der Waals surface area contributed by atoms with Gasteiger partial charge in [-0.15, -0.1) is 0 Å². The number of thiol groups is 1. The van der Waals surface area contributed by atoms with Gasteiger partial charge < -0.3 is 0 Å². The highest BCUT2D eigenvalue weighted by Gasteiger charge is 2.02. The highest BCUT2D eigenvalue weighted by atomic mass is 32.1. The van der Waals surface area contributed by atoms with Crippen molar-refractivity contribution in [1.29, 1.82) is 0 Å². The predicted octanol–water partition coefficient (Wildman–Crippen LogP) is 2.31. The lowest BCUT2D eigenvalue weighted by Gasteiger charge is -2.01. The molecule has 0 aromatic carbocycles. The summed E-state index contributed by atoms with van der Waals surface area (Å²) >= 11 is 4.03. The first-order valence-corrected chi connectivity index (χ1v) is 4.42. The van der Waals surface area contributed by atoms with Crippen LogP contribution in [-0.2, 0) is 4.79 Å². The lowest BCUT2D eigenvalue weighted by molar-refractivity contribution is -0.119. The van der Waals surface area contributed by atoms with E-state index in [0.29, 0.717) is 18.1 Å². The molecule has 0 N–H and O–H groups in total. The summed E-state index contributed by atoms with van der Waals surface area (Å²) in [4.78, 5) is 11.0. The molecule has 0 aromatic rings. The third kappa shape index (κ3) is 6.14. The van der Waals surface area contributed by atoms with E-state index in [2.05, 4.69) is 26.5 Å². The van der Waals surface area contributed by atoms with Crippen LogP contribution in [0.15, 0.2) is 0 Å². The molecule has 60 valence electrons. The second kappa shape index (κ2) is 5.78. The molecule has 0 aromatic heterocycles. The summed E-state index contributed by atoms with van der Waals surface area (Å²) in [5.74, 6) is 1.71. The van der Waals surface area contributed by atoms with Gasteiger partial charge in [0.05, 0.1) is 0 Å². The van der Waals surface area contributed by atoms with Crippen molar-refractivity contribution in [3.63, 3.8) is 0 Å². The molecular weight excluding hydrogens is 144 g/mol. The summed E-state index contributed by atoms with van der Waals surface area (Å²) in [6, 6.07) is 0. The Morgan fingerprint density at radius 3 is 2.50 bits per heavy atom. The Balaban J connectivity index is 3.26. The normalized spacial score (nSPS) is 10.4. The van der Waals surface area contributed by atoms with E-state index in [1.807, 2.05) is 0 Å². The van der Waals surface area contributed by atoms with Crippen molar-refractivity contribution in [2.24, 2.45) is 5.92 Å². The van der Waals surface area contributed by atoms with E-state index < -0.39 is 0 Å². The molecule has 0 rings (SSSR count). The zero-order valence-electron chi connectivity index (χ0n) is 6.76. The van der Waals surface area contributed by atoms with E-state index in [4.69, 9.17) is 0 Å². The van der Waals surface area contributed by atoms with E-state index in [-0.39, 0.29) is 0 Å². The topological polar surface area (TPSA) is 17.1 Å². The average Bonchev–Trinajstić information content (AvgIpc) is 1.82. The minimum absolute atomic E-state index is 0.379. The highest BCUT2D eigenvalue weighted by molar-refractivity contribution is 7.80. The Bertz CT molecular complexity index is 99.4. The van der Waals surface area contributed by atoms with Gasteiger partial charge in [0.1, 0.15) is 5.78 Å². The van der Waals surface area contributed by atoms with Crippen LogP contribution >= 0.6 is 12.6 Å². The monoisotopic (exact) mass is 160 g/mol. The van der Waals surface area contributed by atoms with Crippen molar-refractivity contribution in [2.45, 2.75) is 33.1 Å². The lowest BCUT2D eigenvalue weighted by Crippen LogP contribution is -2.02. The number of Topliss-reactive ketones (excluding diaryl/α,β-unsaturated/α-hetero) is 1. The third-order valence-electron chi connectivity index (χ3n) is 1.25. The van der Waals surface area contributed by atoms with Crippen molar-refractivity contribution < 1.29 is 4.79 Å². The SMILES string of the molecule is CC(C)CC(=O)CCCS. The number of carbonyl (C=O) groups excluding carboxylic acids is 1. The number of hydrogen-bond acceptors (Lipinski definition) is 2. The number of rotatable bonds is 5. The Labute approximate surface area is 68.6 Å². The smallest absolute Gasteiger partial charge is 0.133 e. The molecule has 0 saturated carbocycles. The second-order valence-electron chi connectivity index (χ2n) is 2.96. The maximum atomic E-state index is 11.0. The fraction of sp³-hybridized carbons (Fsp3) is 0.875. The van der Waals surface area contributed by atoms with Gasteiger partial charge in [-0.25, -0.2) is 0 Å². The molecule has 0 aliphatic carbocycles. The van der Waals surface area contributed by atoms with Gasteiger partial charge in [-0.1, -0.05) is 13.8 Å². The van der Waals surface area contributed by atoms with Gasteiger partial charge >= 0.3 is 0 Å². The number of ketones is 1. The summed E-state index contributed by atoms with van der Waals surface area (Å²) in [6.07, 6.45) is 2.37. The Hall–Kier alpha value is 0.0200. The molecule has 0 heterocycles. The van der Waals surface area contributed by atoms with Gasteiger partial charge in [0.2, 0.25) is 0 Å². The largest absolute Gasteiger partial charge is 0.300 e. The molecule has 0 spiro atoms. The fourth-order valence-corrected chi connectivity index (χ4v) is 0.992. The van der Waals surface area contributed by atoms with Gasteiger partial charge in [0.25, 0.3) is 0 Å². The standard InChI is InChI=1S/C8H16OS/c1-7(2)6-8(9)4-3-5-10/h7,10H,3-6H2,1-2H3. The molecule has 0 atom stereocenters. The van der Waals surface area contributed by atoms with Crippen molar-refractivity contribution in [3.8, 4) is 0 Å². The zero-order valence-corrected chi connectivity index (χ0v) is 7.66. The summed E-state index contributed by atoms with van der Waals surface area (Å²) in [7, 11) is 0. The van der Waals surface area contributed by atoms with Crippen molar-refractivity contribution >= 4 is 18.4 Å². The Kier molecular flexibility index (Phi) is 5.79. The molecule has 0 amide bonds. The number of hydrogen-bond donors (Lipinski definition) is 1. The van der Waals surface area contributed by atoms with Crippen LogP contribution in [0.2, 0.25) is 0 Å². The van der Waals surface area contributed by atoms with Crippen molar-refractivity contribution in [1.82, 2.24) is 0 Å². The first-order chi connectivity index (χ1) is 4.66. The van der Waals surface area contributed by atoms with Gasteiger partial charge in [0.15, 0.2) is 0 Å². The summed E-state index contributed by atoms with van der Waals surface area (Å²) in [5.41, 5.74) is 0. The first kappa shape index (κ1) is 10.0. The fourth-order valence-electron chi connectivity index (χ4n) is 0.834. The van der Waals surface area contributed by atoms with Crippen LogP contribution in [0.25, 0.3) is 0 Å². The van der Waals surface area contributed by atoms with Gasteiger partial charge in [-0.3, -0.25) is 4.79 Å². The van der Waals surface area contributed by atoms with Crippen LogP contribution in [0, 0.1) is 5.92 Å². The van der Waals surface area contributed by atoms with Crippen LogP contribution in [0.5, 0.6) is 0 Å². The molecule has 0 fully saturated rings. The molecule has 0 aliphatic heterocycles. The summed E-state index contributed by atoms with van der Waals surface area (Å²) in [6.45, 7) is 4.14. The Morgan fingerprint density at radius 2 is 2.10 bits per heavy atom. The van der Waals surface area contributed by atoms with Gasteiger partial charge in [-0.05, 0) is 18.1 Å². The van der Waals surface area contributed by atoms with Crippen LogP contribution in [-0.4, -0.2) is 11.5 Å². The summed E-state index contributed by atoms with van der Waals surface area (Å²) in [5, 5.41) is 0. The van der Waals surface area contributed by atoms with Crippen LogP contribution in [0.1, 0.15) is 33.1 Å². The third-order valence-corrected chi connectivity index (χ3v) is 1.57. The zero-order chi connectivity index (χ0) is 7.98. The van der Waals surface area contributed by atoms with Crippen molar-refractivity contribution in [3.05, 3.63) is 0 Å². The van der Waals surface area contributed by atoms with E-state index in [1.165, 1.54) is 0 Å². The molecule has 0 aliphatic rings. The first-order valence-electron chi connectivity index (χ1n) is 3.79. The molecule has 0 unspecified atom stereocenters. The van der Waals surface area contributed by atoms with E-state index >= 15 is 0 Å². The maximum absolute atomic E-state index is 11.0. The molecule has 1 nitrogen and oxygen atoms in total. The molecular formula is C8H16OS. The van der Waals surface area contributed by atoms with Crippen LogP contribution < -0.4 is 0 Å². The summed E-state index contributed by atoms with van der Waals surface area (Å²) < 4.78 is 0. The maximum Gasteiger partial charge on any atom is 0.133 e. The average molecular weight is 160 g/mol. The van der Waals surface area contributed by atoms with Crippen molar-refractivity contribution in [2.75, 3.05) is 5.75 Å². The quantitative estimate of drug-likeness (QED) is 0.611. The Morgan fingerprint density at radius 1 is 1.50 bits per heavy atom. The minimum atomic E-state index is 0.379. The molecule has 0 radical (unpaired) electrons. The van der Waals surface area contributed by atoms with E-state index in [9.17, 15) is 4.79 Å². The van der Waals surface area contributed by atoms with Crippen LogP contribution in [0.3, 0.4) is 0 Å². The second-order valence-corrected chi connectivity index (χ2v) is 3.41. The van der Waals surface area contributed by atoms with Gasteiger partial charge in [0, 0.05) is 12.8 Å². The molecule has 0 saturated heterocycles. The lowest BCUT2D eigenvalue weighted by atomic mass is 10.0. The highest BCUT2D eigenvalue weighted by Crippen LogP contribution is 2.04. The predicted molar refractivity (Wildman–Crippen MR) is 47.5 cm³/mol. The van der Waals surface area contributed by atoms with E-state index in [1.54, 1.807) is 0 Å². The minimum Gasteiger partial charge on any atom is -0.300 e. The number of carbonyl (C=O) groups is 1. The molecule has 0 bridgehead atoms. The van der Waals surface area contributed by atoms with E-state index in [0.717, 1.165) is 18.6 Å². The van der Waals surface area contributed by atoms with Crippen LogP contribution in [0.4, 0.5) is 0 Å².